The molecule has 0 saturated carbocycles. The number of carbonyl (C=O) groups is 2. The molecule has 0 spiro atoms. The van der Waals surface area contributed by atoms with Crippen LogP contribution in [0.15, 0.2) is 126 Å². The minimum atomic E-state index is -1.33. The molecule has 0 fully saturated rings. The van der Waals surface area contributed by atoms with E-state index in [9.17, 15) is 13.8 Å². The number of benzene rings is 4. The van der Waals surface area contributed by atoms with E-state index in [2.05, 4.69) is 5.32 Å². The van der Waals surface area contributed by atoms with Crippen molar-refractivity contribution in [3.63, 3.8) is 0 Å². The van der Waals surface area contributed by atoms with Crippen LogP contribution in [0, 0.1) is 0 Å². The summed E-state index contributed by atoms with van der Waals surface area (Å²) >= 11 is 0. The molecule has 0 heterocycles. The lowest BCUT2D eigenvalue weighted by Crippen LogP contribution is -2.52. The molecule has 188 valence electrons. The van der Waals surface area contributed by atoms with E-state index in [4.69, 9.17) is 4.74 Å². The number of hydrogen-bond donors (Lipinski definition) is 1. The van der Waals surface area contributed by atoms with Crippen LogP contribution in [-0.2, 0) is 30.5 Å². The van der Waals surface area contributed by atoms with Gasteiger partial charge in [0.05, 0.1) is 17.9 Å². The monoisotopic (exact) mass is 511 g/mol. The van der Waals surface area contributed by atoms with Crippen molar-refractivity contribution in [1.29, 1.82) is 0 Å². The minimum Gasteiger partial charge on any atom is -0.467 e. The number of esters is 1. The summed E-state index contributed by atoms with van der Waals surface area (Å²) in [5, 5.41) is 2.96. The number of amides is 1. The molecule has 37 heavy (non-hydrogen) atoms. The summed E-state index contributed by atoms with van der Waals surface area (Å²) in [6.45, 7) is 0. The summed E-state index contributed by atoms with van der Waals surface area (Å²) < 4.78 is 17.9. The fraction of sp³-hybridized carbons (Fsp3) is 0.161. The van der Waals surface area contributed by atoms with Crippen LogP contribution in [0.2, 0.25) is 0 Å². The first-order chi connectivity index (χ1) is 18.1. The van der Waals surface area contributed by atoms with Crippen LogP contribution in [0.5, 0.6) is 0 Å². The van der Waals surface area contributed by atoms with Crippen molar-refractivity contribution in [2.45, 2.75) is 22.8 Å². The van der Waals surface area contributed by atoms with E-state index >= 15 is 0 Å². The topological polar surface area (TPSA) is 72.5 Å². The lowest BCUT2D eigenvalue weighted by molar-refractivity contribution is -0.145. The standard InChI is InChI=1S/C31H29NO4S/c1-36-29(33)28(22-23-37(35)27-20-12-5-13-21-27)32-30(34)31(24-14-6-2-7-15-24,25-16-8-3-9-17-25)26-18-10-4-11-19-26/h2-21,28H,22-23H2,1H3,(H,32,34)/t28-,37+/m1/s1. The third kappa shape index (κ3) is 5.70. The number of hydrogen-bond acceptors (Lipinski definition) is 4. The molecule has 0 aliphatic heterocycles. The summed E-state index contributed by atoms with van der Waals surface area (Å²) in [4.78, 5) is 27.9. The molecule has 0 saturated heterocycles. The van der Waals surface area contributed by atoms with Gasteiger partial charge in [0, 0.05) is 10.6 Å². The van der Waals surface area contributed by atoms with E-state index in [1.54, 1.807) is 12.1 Å². The van der Waals surface area contributed by atoms with Crippen LogP contribution in [0.4, 0.5) is 0 Å². The molecule has 4 rings (SSSR count). The predicted molar refractivity (Wildman–Crippen MR) is 145 cm³/mol. The Bertz CT molecular complexity index is 1230. The second-order valence-corrected chi connectivity index (χ2v) is 10.1. The van der Waals surface area contributed by atoms with Gasteiger partial charge in [0.25, 0.3) is 0 Å². The molecule has 0 radical (unpaired) electrons. The predicted octanol–water partition coefficient (Wildman–Crippen LogP) is 4.88. The van der Waals surface area contributed by atoms with Gasteiger partial charge in [-0.3, -0.25) is 9.00 Å². The average molecular weight is 512 g/mol. The lowest BCUT2D eigenvalue weighted by atomic mass is 9.68. The summed E-state index contributed by atoms with van der Waals surface area (Å²) in [6.07, 6.45) is 0.161. The Labute approximate surface area is 220 Å². The van der Waals surface area contributed by atoms with E-state index in [0.717, 1.165) is 16.7 Å². The Kier molecular flexibility index (Phi) is 8.64. The summed E-state index contributed by atoms with van der Waals surface area (Å²) in [7, 11) is -0.0393. The fourth-order valence-electron chi connectivity index (χ4n) is 4.53. The summed E-state index contributed by atoms with van der Waals surface area (Å²) in [5.74, 6) is -0.752. The Balaban J connectivity index is 1.74. The van der Waals surface area contributed by atoms with Gasteiger partial charge in [-0.2, -0.15) is 0 Å². The highest BCUT2D eigenvalue weighted by Crippen LogP contribution is 2.39. The molecule has 1 amide bonds. The molecular formula is C31H29NO4S. The highest BCUT2D eigenvalue weighted by Gasteiger charge is 2.45. The van der Waals surface area contributed by atoms with E-state index in [0.29, 0.717) is 4.90 Å². The first-order valence-electron chi connectivity index (χ1n) is 12.1. The Morgan fingerprint density at radius 1 is 0.730 bits per heavy atom. The third-order valence-corrected chi connectivity index (χ3v) is 7.75. The molecular weight excluding hydrogens is 482 g/mol. The Hall–Kier alpha value is -4.03. The molecule has 0 aromatic heterocycles. The van der Waals surface area contributed by atoms with E-state index in [1.165, 1.54) is 7.11 Å². The number of nitrogens with one attached hydrogen (secondary N) is 1. The number of ether oxygens (including phenoxy) is 1. The molecule has 1 N–H and O–H groups in total. The molecule has 0 bridgehead atoms. The van der Waals surface area contributed by atoms with E-state index in [1.807, 2.05) is 109 Å². The zero-order chi connectivity index (χ0) is 26.1. The van der Waals surface area contributed by atoms with Crippen molar-refractivity contribution < 1.29 is 18.5 Å². The summed E-state index contributed by atoms with van der Waals surface area (Å²) in [5.41, 5.74) is 1.07. The SMILES string of the molecule is COC(=O)[C@@H](CC[S@](=O)c1ccccc1)NC(=O)C(c1ccccc1)(c1ccccc1)c1ccccc1. The lowest BCUT2D eigenvalue weighted by Gasteiger charge is -2.35. The van der Waals surface area contributed by atoms with Gasteiger partial charge in [-0.15, -0.1) is 0 Å². The normalized spacial score (nSPS) is 12.8. The van der Waals surface area contributed by atoms with Crippen molar-refractivity contribution in [3.8, 4) is 0 Å². The van der Waals surface area contributed by atoms with Crippen LogP contribution in [0.1, 0.15) is 23.1 Å². The molecule has 0 aliphatic rings. The first-order valence-corrected chi connectivity index (χ1v) is 13.4. The van der Waals surface area contributed by atoms with Crippen molar-refractivity contribution in [2.75, 3.05) is 12.9 Å². The van der Waals surface area contributed by atoms with Crippen LogP contribution in [0.3, 0.4) is 0 Å². The van der Waals surface area contributed by atoms with Gasteiger partial charge in [-0.25, -0.2) is 4.79 Å². The number of rotatable bonds is 10. The van der Waals surface area contributed by atoms with Gasteiger partial charge in [0.2, 0.25) is 5.91 Å². The van der Waals surface area contributed by atoms with Gasteiger partial charge < -0.3 is 10.1 Å². The Morgan fingerprint density at radius 3 is 1.54 bits per heavy atom. The molecule has 0 aliphatic carbocycles. The van der Waals surface area contributed by atoms with Crippen molar-refractivity contribution in [2.24, 2.45) is 0 Å². The van der Waals surface area contributed by atoms with Gasteiger partial charge in [-0.1, -0.05) is 109 Å². The molecule has 0 unspecified atom stereocenters. The van der Waals surface area contributed by atoms with Gasteiger partial charge in [-0.05, 0) is 35.2 Å². The van der Waals surface area contributed by atoms with Crippen LogP contribution >= 0.6 is 0 Å². The second kappa shape index (κ2) is 12.3. The van der Waals surface area contributed by atoms with E-state index in [-0.39, 0.29) is 18.1 Å². The Morgan fingerprint density at radius 2 is 1.14 bits per heavy atom. The number of carbonyl (C=O) groups excluding carboxylic acids is 2. The molecule has 6 heteroatoms. The van der Waals surface area contributed by atoms with Gasteiger partial charge >= 0.3 is 5.97 Å². The van der Waals surface area contributed by atoms with Crippen molar-refractivity contribution in [1.82, 2.24) is 5.32 Å². The third-order valence-electron chi connectivity index (χ3n) is 6.35. The maximum absolute atomic E-state index is 14.4. The van der Waals surface area contributed by atoms with Crippen LogP contribution in [0.25, 0.3) is 0 Å². The van der Waals surface area contributed by atoms with Crippen LogP contribution < -0.4 is 5.32 Å². The summed E-state index contributed by atoms with van der Waals surface area (Å²) in [6, 6.07) is 36.6. The van der Waals surface area contributed by atoms with Gasteiger partial charge in [0.1, 0.15) is 11.5 Å². The van der Waals surface area contributed by atoms with Crippen molar-refractivity contribution in [3.05, 3.63) is 138 Å². The zero-order valence-electron chi connectivity index (χ0n) is 20.6. The molecule has 4 aromatic carbocycles. The first kappa shape index (κ1) is 26.0. The highest BCUT2D eigenvalue weighted by molar-refractivity contribution is 7.85. The molecule has 4 aromatic rings. The quantitative estimate of drug-likeness (QED) is 0.243. The molecule has 2 atom stereocenters. The maximum Gasteiger partial charge on any atom is 0.328 e. The largest absolute Gasteiger partial charge is 0.467 e. The minimum absolute atomic E-state index is 0.161. The van der Waals surface area contributed by atoms with E-state index < -0.39 is 28.2 Å². The highest BCUT2D eigenvalue weighted by atomic mass is 32.2. The average Bonchev–Trinajstić information content (AvgIpc) is 2.97. The number of methoxy groups -OCH3 is 1. The maximum atomic E-state index is 14.4. The molecule has 5 nitrogen and oxygen atoms in total. The fourth-order valence-corrected chi connectivity index (χ4v) is 5.68. The van der Waals surface area contributed by atoms with Gasteiger partial charge in [0.15, 0.2) is 0 Å². The van der Waals surface area contributed by atoms with Crippen LogP contribution in [-0.4, -0.2) is 35.0 Å². The van der Waals surface area contributed by atoms with Crippen molar-refractivity contribution >= 4 is 22.7 Å². The zero-order valence-corrected chi connectivity index (χ0v) is 21.4. The second-order valence-electron chi connectivity index (χ2n) is 8.55. The smallest absolute Gasteiger partial charge is 0.328 e.